The lowest BCUT2D eigenvalue weighted by Gasteiger charge is -2.16. The van der Waals surface area contributed by atoms with Gasteiger partial charge in [-0.3, -0.25) is 4.68 Å². The van der Waals surface area contributed by atoms with Gasteiger partial charge in [-0.05, 0) is 29.8 Å². The molecule has 0 amide bonds. The number of nitrogens with zero attached hydrogens (tertiary/aromatic N) is 3. The van der Waals surface area contributed by atoms with Crippen molar-refractivity contribution in [2.45, 2.75) is 19.4 Å². The minimum atomic E-state index is -0.642. The second-order valence-corrected chi connectivity index (χ2v) is 5.49. The van der Waals surface area contributed by atoms with Crippen LogP contribution in [0.2, 0.25) is 0 Å². The van der Waals surface area contributed by atoms with Crippen LogP contribution in [-0.2, 0) is 10.3 Å². The van der Waals surface area contributed by atoms with Crippen LogP contribution in [0.4, 0.5) is 0 Å². The summed E-state index contributed by atoms with van der Waals surface area (Å²) in [6, 6.07) is 0. The predicted octanol–water partition coefficient (Wildman–Crippen LogP) is 2.70. The number of aldehydes is 1. The highest BCUT2D eigenvalue weighted by Crippen LogP contribution is 2.28. The molecule has 0 aliphatic rings. The molecular formula is C10H10BrN3OS. The summed E-state index contributed by atoms with van der Waals surface area (Å²) < 4.78 is 2.48. The number of carbonyl (C=O) groups excluding carboxylic acids is 1. The summed E-state index contributed by atoms with van der Waals surface area (Å²) in [5.41, 5.74) is 2.69. The zero-order chi connectivity index (χ0) is 11.8. The lowest BCUT2D eigenvalue weighted by Crippen LogP contribution is -2.28. The lowest BCUT2D eigenvalue weighted by molar-refractivity contribution is -0.114. The van der Waals surface area contributed by atoms with Gasteiger partial charge in [-0.15, -0.1) is 11.3 Å². The first-order chi connectivity index (χ1) is 7.54. The maximum absolute atomic E-state index is 10.9. The van der Waals surface area contributed by atoms with Gasteiger partial charge in [-0.25, -0.2) is 4.98 Å². The van der Waals surface area contributed by atoms with Crippen molar-refractivity contribution in [2.24, 2.45) is 0 Å². The lowest BCUT2D eigenvalue weighted by atomic mass is 10.1. The molecule has 2 heterocycles. The van der Waals surface area contributed by atoms with Crippen LogP contribution in [-0.4, -0.2) is 21.1 Å². The summed E-state index contributed by atoms with van der Waals surface area (Å²) in [7, 11) is 0. The summed E-state index contributed by atoms with van der Waals surface area (Å²) in [4.78, 5) is 15.1. The van der Waals surface area contributed by atoms with Crippen molar-refractivity contribution in [3.8, 4) is 11.4 Å². The molecule has 4 nitrogen and oxygen atoms in total. The van der Waals surface area contributed by atoms with E-state index in [4.69, 9.17) is 0 Å². The third-order valence-corrected chi connectivity index (χ3v) is 3.39. The van der Waals surface area contributed by atoms with Crippen LogP contribution in [0.1, 0.15) is 13.8 Å². The summed E-state index contributed by atoms with van der Waals surface area (Å²) >= 11 is 4.94. The van der Waals surface area contributed by atoms with E-state index in [0.29, 0.717) is 0 Å². The van der Waals surface area contributed by atoms with Crippen LogP contribution in [0.15, 0.2) is 21.6 Å². The summed E-state index contributed by atoms with van der Waals surface area (Å²) in [6.45, 7) is 3.62. The molecule has 0 N–H and O–H groups in total. The molecule has 6 heteroatoms. The van der Waals surface area contributed by atoms with Crippen LogP contribution >= 0.6 is 27.3 Å². The average molecular weight is 300 g/mol. The van der Waals surface area contributed by atoms with Crippen molar-refractivity contribution >= 4 is 33.6 Å². The Morgan fingerprint density at radius 1 is 1.56 bits per heavy atom. The van der Waals surface area contributed by atoms with E-state index in [1.165, 1.54) is 11.3 Å². The molecule has 2 rings (SSSR count). The zero-order valence-electron chi connectivity index (χ0n) is 8.85. The summed E-state index contributed by atoms with van der Waals surface area (Å²) in [6.07, 6.45) is 2.67. The molecule has 0 fully saturated rings. The van der Waals surface area contributed by atoms with Crippen molar-refractivity contribution in [2.75, 3.05) is 0 Å². The topological polar surface area (TPSA) is 47.8 Å². The summed E-state index contributed by atoms with van der Waals surface area (Å²) in [5, 5.41) is 6.30. The van der Waals surface area contributed by atoms with Crippen molar-refractivity contribution in [1.82, 2.24) is 14.8 Å². The molecule has 0 unspecified atom stereocenters. The number of rotatable bonds is 3. The van der Waals surface area contributed by atoms with Gasteiger partial charge in [0.1, 0.15) is 23.2 Å². The molecule has 84 valence electrons. The highest BCUT2D eigenvalue weighted by atomic mass is 79.9. The van der Waals surface area contributed by atoms with E-state index in [0.717, 1.165) is 22.1 Å². The van der Waals surface area contributed by atoms with E-state index in [9.17, 15) is 4.79 Å². The SMILES string of the molecule is CC(C)(C=O)n1cc(Br)c(-c2cscn2)n1. The molecule has 0 aromatic carbocycles. The minimum absolute atomic E-state index is 0.642. The largest absolute Gasteiger partial charge is 0.301 e. The van der Waals surface area contributed by atoms with Crippen LogP contribution in [0.5, 0.6) is 0 Å². The van der Waals surface area contributed by atoms with Gasteiger partial charge in [0.05, 0.1) is 9.98 Å². The van der Waals surface area contributed by atoms with Gasteiger partial charge in [0.25, 0.3) is 0 Å². The number of halogens is 1. The van der Waals surface area contributed by atoms with E-state index >= 15 is 0 Å². The van der Waals surface area contributed by atoms with Gasteiger partial charge < -0.3 is 4.79 Å². The van der Waals surface area contributed by atoms with E-state index < -0.39 is 5.54 Å². The highest BCUT2D eigenvalue weighted by Gasteiger charge is 2.22. The average Bonchev–Trinajstić information content (AvgIpc) is 2.86. The molecule has 0 atom stereocenters. The maximum Gasteiger partial charge on any atom is 0.147 e. The summed E-state index contributed by atoms with van der Waals surface area (Å²) in [5.74, 6) is 0. The quantitative estimate of drug-likeness (QED) is 0.819. The first-order valence-electron chi connectivity index (χ1n) is 4.65. The number of aromatic nitrogens is 3. The molecule has 2 aromatic heterocycles. The first-order valence-corrected chi connectivity index (χ1v) is 6.39. The maximum atomic E-state index is 10.9. The molecule has 0 aliphatic heterocycles. The van der Waals surface area contributed by atoms with E-state index in [1.54, 1.807) is 16.4 Å². The second-order valence-electron chi connectivity index (χ2n) is 3.92. The molecule has 0 radical (unpaired) electrons. The first kappa shape index (κ1) is 11.5. The van der Waals surface area contributed by atoms with Crippen molar-refractivity contribution in [3.63, 3.8) is 0 Å². The van der Waals surface area contributed by atoms with Gasteiger partial charge in [0.15, 0.2) is 0 Å². The van der Waals surface area contributed by atoms with E-state index in [2.05, 4.69) is 26.0 Å². The molecular weight excluding hydrogens is 290 g/mol. The number of carbonyl (C=O) groups is 1. The van der Waals surface area contributed by atoms with Crippen LogP contribution in [0.25, 0.3) is 11.4 Å². The standard InChI is InChI=1S/C10H10BrN3OS/c1-10(2,5-15)14-3-7(11)9(13-14)8-4-16-6-12-8/h3-6H,1-2H3. The molecule has 0 saturated heterocycles. The Morgan fingerprint density at radius 2 is 2.31 bits per heavy atom. The van der Waals surface area contributed by atoms with E-state index in [-0.39, 0.29) is 0 Å². The molecule has 0 saturated carbocycles. The van der Waals surface area contributed by atoms with Gasteiger partial charge in [-0.1, -0.05) is 0 Å². The van der Waals surface area contributed by atoms with Gasteiger partial charge in [-0.2, -0.15) is 5.10 Å². The van der Waals surface area contributed by atoms with Crippen molar-refractivity contribution < 1.29 is 4.79 Å². The number of thiazole rings is 1. The molecule has 0 spiro atoms. The Labute approximate surface area is 105 Å². The highest BCUT2D eigenvalue weighted by molar-refractivity contribution is 9.10. The smallest absolute Gasteiger partial charge is 0.147 e. The molecule has 16 heavy (non-hydrogen) atoms. The van der Waals surface area contributed by atoms with Gasteiger partial charge in [0, 0.05) is 11.6 Å². The Hall–Kier alpha value is -1.01. The predicted molar refractivity (Wildman–Crippen MR) is 66.4 cm³/mol. The monoisotopic (exact) mass is 299 g/mol. The Balaban J connectivity index is 2.48. The van der Waals surface area contributed by atoms with Gasteiger partial charge in [0.2, 0.25) is 0 Å². The fourth-order valence-electron chi connectivity index (χ4n) is 1.21. The third kappa shape index (κ3) is 1.94. The second kappa shape index (κ2) is 4.10. The van der Waals surface area contributed by atoms with Crippen LogP contribution in [0, 0.1) is 0 Å². The molecule has 0 aliphatic carbocycles. The van der Waals surface area contributed by atoms with Gasteiger partial charge >= 0.3 is 0 Å². The Bertz CT molecular complexity index is 504. The van der Waals surface area contributed by atoms with E-state index in [1.807, 2.05) is 19.2 Å². The zero-order valence-corrected chi connectivity index (χ0v) is 11.2. The van der Waals surface area contributed by atoms with Crippen molar-refractivity contribution in [3.05, 3.63) is 21.6 Å². The third-order valence-electron chi connectivity index (χ3n) is 2.22. The number of hydrogen-bond donors (Lipinski definition) is 0. The number of hydrogen-bond acceptors (Lipinski definition) is 4. The molecule has 0 bridgehead atoms. The minimum Gasteiger partial charge on any atom is -0.301 e. The van der Waals surface area contributed by atoms with Crippen molar-refractivity contribution in [1.29, 1.82) is 0 Å². The fraction of sp³-hybridized carbons (Fsp3) is 0.300. The molecule has 2 aromatic rings. The normalized spacial score (nSPS) is 11.7. The fourth-order valence-corrected chi connectivity index (χ4v) is 2.22. The van der Waals surface area contributed by atoms with Crippen LogP contribution < -0.4 is 0 Å². The Morgan fingerprint density at radius 3 is 2.88 bits per heavy atom. The van der Waals surface area contributed by atoms with Crippen LogP contribution in [0.3, 0.4) is 0 Å². The Kier molecular flexibility index (Phi) is 2.94.